The number of methoxy groups -OCH3 is 1. The van der Waals surface area contributed by atoms with E-state index in [0.29, 0.717) is 11.5 Å². The zero-order valence-electron chi connectivity index (χ0n) is 12.3. The van der Waals surface area contributed by atoms with E-state index < -0.39 is 11.4 Å². The molecule has 0 saturated heterocycles. The van der Waals surface area contributed by atoms with Gasteiger partial charge in [-0.25, -0.2) is 0 Å². The maximum atomic E-state index is 12.1. The van der Waals surface area contributed by atoms with Crippen LogP contribution in [-0.4, -0.2) is 32.1 Å². The molecule has 0 saturated carbocycles. The van der Waals surface area contributed by atoms with E-state index in [2.05, 4.69) is 0 Å². The molecule has 0 unspecified atom stereocenters. The van der Waals surface area contributed by atoms with Crippen LogP contribution in [0.3, 0.4) is 0 Å². The second-order valence-electron chi connectivity index (χ2n) is 4.74. The van der Waals surface area contributed by atoms with Crippen LogP contribution in [0.5, 0.6) is 11.5 Å². The molecule has 0 spiro atoms. The van der Waals surface area contributed by atoms with Gasteiger partial charge in [0.05, 0.1) is 13.7 Å². The molecular formula is C15H20O5. The summed E-state index contributed by atoms with van der Waals surface area (Å²) in [6, 6.07) is 6.92. The summed E-state index contributed by atoms with van der Waals surface area (Å²) in [6.07, 6.45) is 0. The summed E-state index contributed by atoms with van der Waals surface area (Å²) in [5.41, 5.74) is -1.21. The van der Waals surface area contributed by atoms with E-state index in [9.17, 15) is 9.59 Å². The fourth-order valence-corrected chi connectivity index (χ4v) is 1.45. The molecule has 5 heteroatoms. The summed E-state index contributed by atoms with van der Waals surface area (Å²) in [5, 5.41) is 0. The Balaban J connectivity index is 2.64. The van der Waals surface area contributed by atoms with Crippen molar-refractivity contribution >= 4 is 11.8 Å². The average Bonchev–Trinajstić information content (AvgIpc) is 2.45. The highest BCUT2D eigenvalue weighted by atomic mass is 16.5. The standard InChI is InChI=1S/C15H20O5/c1-5-19-14(17)15(2,3)13(16)10-20-12-8-6-7-11(9-12)18-4/h6-9H,5,10H2,1-4H3. The van der Waals surface area contributed by atoms with Crippen LogP contribution >= 0.6 is 0 Å². The largest absolute Gasteiger partial charge is 0.497 e. The van der Waals surface area contributed by atoms with Crippen LogP contribution in [-0.2, 0) is 14.3 Å². The van der Waals surface area contributed by atoms with E-state index in [0.717, 1.165) is 0 Å². The molecule has 0 N–H and O–H groups in total. The van der Waals surface area contributed by atoms with Crippen molar-refractivity contribution in [3.05, 3.63) is 24.3 Å². The zero-order chi connectivity index (χ0) is 15.2. The van der Waals surface area contributed by atoms with Gasteiger partial charge in [-0.2, -0.15) is 0 Å². The molecule has 1 aromatic rings. The fraction of sp³-hybridized carbons (Fsp3) is 0.467. The third-order valence-corrected chi connectivity index (χ3v) is 2.89. The summed E-state index contributed by atoms with van der Waals surface area (Å²) in [5.74, 6) is 0.273. The van der Waals surface area contributed by atoms with Crippen LogP contribution in [0.1, 0.15) is 20.8 Å². The number of carbonyl (C=O) groups excluding carboxylic acids is 2. The molecule has 0 fully saturated rings. The summed E-state index contributed by atoms with van der Waals surface area (Å²) in [4.78, 5) is 23.8. The number of hydrogen-bond acceptors (Lipinski definition) is 5. The molecule has 1 rings (SSSR count). The minimum absolute atomic E-state index is 0.195. The number of esters is 1. The quantitative estimate of drug-likeness (QED) is 0.566. The fourth-order valence-electron chi connectivity index (χ4n) is 1.45. The number of carbonyl (C=O) groups is 2. The van der Waals surface area contributed by atoms with Crippen molar-refractivity contribution < 1.29 is 23.8 Å². The molecule has 0 atom stereocenters. The Kier molecular flexibility index (Phi) is 5.55. The number of ketones is 1. The third-order valence-electron chi connectivity index (χ3n) is 2.89. The van der Waals surface area contributed by atoms with Crippen LogP contribution in [0.25, 0.3) is 0 Å². The molecule has 1 aromatic carbocycles. The first-order valence-electron chi connectivity index (χ1n) is 6.39. The van der Waals surface area contributed by atoms with E-state index in [4.69, 9.17) is 14.2 Å². The van der Waals surface area contributed by atoms with Crippen LogP contribution in [0.2, 0.25) is 0 Å². The van der Waals surface area contributed by atoms with Crippen molar-refractivity contribution in [2.75, 3.05) is 20.3 Å². The molecule has 5 nitrogen and oxygen atoms in total. The predicted molar refractivity (Wildman–Crippen MR) is 73.9 cm³/mol. The Hall–Kier alpha value is -2.04. The summed E-state index contributed by atoms with van der Waals surface area (Å²) in [7, 11) is 1.55. The number of hydrogen-bond donors (Lipinski definition) is 0. The number of Topliss-reactive ketones (excluding diaryl/α,β-unsaturated/α-hetero) is 1. The van der Waals surface area contributed by atoms with Gasteiger partial charge in [0.2, 0.25) is 0 Å². The number of rotatable bonds is 7. The van der Waals surface area contributed by atoms with Crippen molar-refractivity contribution in [2.45, 2.75) is 20.8 Å². The first-order valence-corrected chi connectivity index (χ1v) is 6.39. The number of ether oxygens (including phenoxy) is 3. The van der Waals surface area contributed by atoms with Crippen molar-refractivity contribution in [2.24, 2.45) is 5.41 Å². The van der Waals surface area contributed by atoms with Crippen LogP contribution in [0, 0.1) is 5.41 Å². The summed E-state index contributed by atoms with van der Waals surface area (Å²) >= 11 is 0. The second kappa shape index (κ2) is 6.93. The van der Waals surface area contributed by atoms with E-state index >= 15 is 0 Å². The maximum Gasteiger partial charge on any atom is 0.319 e. The third kappa shape index (κ3) is 3.98. The minimum Gasteiger partial charge on any atom is -0.497 e. The van der Waals surface area contributed by atoms with Crippen molar-refractivity contribution in [1.82, 2.24) is 0 Å². The Morgan fingerprint density at radius 1 is 1.20 bits per heavy atom. The van der Waals surface area contributed by atoms with Gasteiger partial charge in [0.15, 0.2) is 5.78 Å². The van der Waals surface area contributed by atoms with E-state index in [1.54, 1.807) is 38.3 Å². The maximum absolute atomic E-state index is 12.1. The van der Waals surface area contributed by atoms with Gasteiger partial charge < -0.3 is 14.2 Å². The van der Waals surface area contributed by atoms with E-state index in [-0.39, 0.29) is 19.0 Å². The lowest BCUT2D eigenvalue weighted by Crippen LogP contribution is -2.38. The molecule has 20 heavy (non-hydrogen) atoms. The van der Waals surface area contributed by atoms with Gasteiger partial charge in [0, 0.05) is 6.07 Å². The Labute approximate surface area is 118 Å². The Bertz CT molecular complexity index is 479. The SMILES string of the molecule is CCOC(=O)C(C)(C)C(=O)COc1cccc(OC)c1. The Morgan fingerprint density at radius 2 is 1.85 bits per heavy atom. The smallest absolute Gasteiger partial charge is 0.319 e. The molecule has 0 heterocycles. The monoisotopic (exact) mass is 280 g/mol. The molecule has 0 aromatic heterocycles. The lowest BCUT2D eigenvalue weighted by molar-refractivity contribution is -0.158. The first-order chi connectivity index (χ1) is 9.41. The van der Waals surface area contributed by atoms with Crippen LogP contribution < -0.4 is 9.47 Å². The topological polar surface area (TPSA) is 61.8 Å². The minimum atomic E-state index is -1.21. The highest BCUT2D eigenvalue weighted by Gasteiger charge is 2.37. The van der Waals surface area contributed by atoms with E-state index in [1.807, 2.05) is 0 Å². The van der Waals surface area contributed by atoms with Crippen LogP contribution in [0.4, 0.5) is 0 Å². The van der Waals surface area contributed by atoms with Gasteiger partial charge >= 0.3 is 5.97 Å². The molecule has 0 amide bonds. The molecule has 0 aliphatic heterocycles. The molecule has 0 aliphatic carbocycles. The van der Waals surface area contributed by atoms with E-state index in [1.165, 1.54) is 13.8 Å². The van der Waals surface area contributed by atoms with Gasteiger partial charge in [-0.1, -0.05) is 6.07 Å². The van der Waals surface area contributed by atoms with Gasteiger partial charge in [0.1, 0.15) is 23.5 Å². The van der Waals surface area contributed by atoms with Gasteiger partial charge in [-0.05, 0) is 32.9 Å². The lowest BCUT2D eigenvalue weighted by atomic mass is 9.88. The highest BCUT2D eigenvalue weighted by molar-refractivity contribution is 6.03. The highest BCUT2D eigenvalue weighted by Crippen LogP contribution is 2.22. The van der Waals surface area contributed by atoms with Gasteiger partial charge in [-0.3, -0.25) is 9.59 Å². The van der Waals surface area contributed by atoms with Gasteiger partial charge in [-0.15, -0.1) is 0 Å². The summed E-state index contributed by atoms with van der Waals surface area (Å²) < 4.78 is 15.3. The molecule has 110 valence electrons. The normalized spacial score (nSPS) is 10.8. The van der Waals surface area contributed by atoms with Crippen molar-refractivity contribution in [3.63, 3.8) is 0 Å². The molecule has 0 bridgehead atoms. The lowest BCUT2D eigenvalue weighted by Gasteiger charge is -2.20. The van der Waals surface area contributed by atoms with Crippen molar-refractivity contribution in [3.8, 4) is 11.5 Å². The predicted octanol–water partition coefficient (Wildman–Crippen LogP) is 2.23. The molecule has 0 radical (unpaired) electrons. The van der Waals surface area contributed by atoms with Crippen molar-refractivity contribution in [1.29, 1.82) is 0 Å². The average molecular weight is 280 g/mol. The van der Waals surface area contributed by atoms with Crippen LogP contribution in [0.15, 0.2) is 24.3 Å². The Morgan fingerprint density at radius 3 is 2.45 bits per heavy atom. The second-order valence-corrected chi connectivity index (χ2v) is 4.74. The zero-order valence-corrected chi connectivity index (χ0v) is 12.3. The number of benzene rings is 1. The van der Waals surface area contributed by atoms with Gasteiger partial charge in [0.25, 0.3) is 0 Å². The summed E-state index contributed by atoms with van der Waals surface area (Å²) in [6.45, 7) is 4.81. The molecule has 0 aliphatic rings. The first kappa shape index (κ1) is 16.0. The molecular weight excluding hydrogens is 260 g/mol.